The number of aliphatic hydroxyl groups excluding tert-OH is 1. The second kappa shape index (κ2) is 4.95. The molecule has 0 radical (unpaired) electrons. The first-order valence-corrected chi connectivity index (χ1v) is 8.33. The van der Waals surface area contributed by atoms with Crippen molar-refractivity contribution in [2.75, 3.05) is 27.5 Å². The Labute approximate surface area is 140 Å². The Bertz CT molecular complexity index is 720. The van der Waals surface area contributed by atoms with E-state index in [1.807, 2.05) is 12.1 Å². The van der Waals surface area contributed by atoms with Crippen LogP contribution in [0.3, 0.4) is 0 Å². The molecule has 5 atom stereocenters. The minimum Gasteiger partial charge on any atom is -0.454 e. The topological polar surface area (TPSA) is 60.4 Å². The molecule has 1 fully saturated rings. The lowest BCUT2D eigenvalue weighted by molar-refractivity contribution is -0.160. The molecule has 1 N–H and O–H groups in total. The van der Waals surface area contributed by atoms with Gasteiger partial charge in [0.05, 0.1) is 17.6 Å². The van der Waals surface area contributed by atoms with Crippen LogP contribution in [0.5, 0.6) is 11.5 Å². The fraction of sp³-hybridized carbons (Fsp3) is 0.556. The van der Waals surface area contributed by atoms with E-state index in [1.165, 1.54) is 0 Å². The molecule has 0 amide bonds. The molecule has 0 saturated carbocycles. The number of likely N-dealkylation sites (tertiary alicyclic amines) is 1. The van der Waals surface area contributed by atoms with Gasteiger partial charge in [-0.3, -0.25) is 4.90 Å². The fourth-order valence-electron chi connectivity index (χ4n) is 4.82. The van der Waals surface area contributed by atoms with Gasteiger partial charge in [-0.25, -0.2) is 0 Å². The van der Waals surface area contributed by atoms with Crippen LogP contribution in [0.25, 0.3) is 0 Å². The largest absolute Gasteiger partial charge is 0.454 e. The molecule has 128 valence electrons. The van der Waals surface area contributed by atoms with Crippen molar-refractivity contribution < 1.29 is 24.1 Å². The highest BCUT2D eigenvalue weighted by molar-refractivity contribution is 5.56. The Morgan fingerprint density at radius 2 is 2.08 bits per heavy atom. The second-order valence-corrected chi connectivity index (χ2v) is 7.03. The summed E-state index contributed by atoms with van der Waals surface area (Å²) >= 11 is 0. The van der Waals surface area contributed by atoms with Crippen LogP contribution >= 0.6 is 0 Å². The Balaban J connectivity index is 1.73. The number of fused-ring (bicyclic) bond motifs is 2. The van der Waals surface area contributed by atoms with Crippen LogP contribution < -0.4 is 9.47 Å². The zero-order chi connectivity index (χ0) is 16.5. The zero-order valence-corrected chi connectivity index (χ0v) is 13.8. The predicted molar refractivity (Wildman–Crippen MR) is 85.0 cm³/mol. The van der Waals surface area contributed by atoms with Gasteiger partial charge in [0.25, 0.3) is 0 Å². The summed E-state index contributed by atoms with van der Waals surface area (Å²) in [5, 5.41) is 10.5. The molecule has 5 rings (SSSR count). The first-order valence-electron chi connectivity index (χ1n) is 8.33. The maximum absolute atomic E-state index is 10.5. The molecule has 1 aliphatic carbocycles. The lowest BCUT2D eigenvalue weighted by Gasteiger charge is -2.46. The molecule has 24 heavy (non-hydrogen) atoms. The number of aliphatic hydroxyl groups is 1. The summed E-state index contributed by atoms with van der Waals surface area (Å²) in [5.41, 5.74) is 1.56. The minimum atomic E-state index is -0.939. The van der Waals surface area contributed by atoms with E-state index in [-0.39, 0.29) is 30.5 Å². The molecular formula is C18H21NO5. The molecule has 0 aromatic heterocycles. The van der Waals surface area contributed by atoms with Crippen LogP contribution in [0.4, 0.5) is 0 Å². The van der Waals surface area contributed by atoms with Gasteiger partial charge in [0, 0.05) is 25.3 Å². The first kappa shape index (κ1) is 14.7. The first-order chi connectivity index (χ1) is 11.6. The van der Waals surface area contributed by atoms with Crippen LogP contribution in [0.15, 0.2) is 24.3 Å². The summed E-state index contributed by atoms with van der Waals surface area (Å²) in [5.74, 6) is 1.41. The van der Waals surface area contributed by atoms with Gasteiger partial charge in [0.15, 0.2) is 17.8 Å². The molecule has 3 heterocycles. The van der Waals surface area contributed by atoms with Gasteiger partial charge in [0.1, 0.15) is 0 Å². The summed E-state index contributed by atoms with van der Waals surface area (Å²) in [6.45, 7) is 0.993. The highest BCUT2D eigenvalue weighted by Gasteiger charge is 2.59. The normalized spacial score (nSPS) is 39.5. The minimum absolute atomic E-state index is 0.0931. The molecule has 1 spiro atoms. The molecule has 4 aliphatic rings. The number of rotatable bonds is 1. The summed E-state index contributed by atoms with van der Waals surface area (Å²) < 4.78 is 22.6. The highest BCUT2D eigenvalue weighted by Crippen LogP contribution is 2.54. The van der Waals surface area contributed by atoms with Crippen molar-refractivity contribution in [1.82, 2.24) is 4.90 Å². The monoisotopic (exact) mass is 331 g/mol. The number of methoxy groups -OCH3 is 1. The summed E-state index contributed by atoms with van der Waals surface area (Å²) in [6, 6.07) is 4.14. The van der Waals surface area contributed by atoms with Gasteiger partial charge >= 0.3 is 0 Å². The van der Waals surface area contributed by atoms with E-state index < -0.39 is 6.29 Å². The van der Waals surface area contributed by atoms with Gasteiger partial charge in [-0.1, -0.05) is 12.2 Å². The Kier molecular flexibility index (Phi) is 3.04. The van der Waals surface area contributed by atoms with Crippen molar-refractivity contribution in [3.05, 3.63) is 35.4 Å². The smallest absolute Gasteiger partial charge is 0.231 e. The Hall–Kier alpha value is -1.60. The number of nitrogens with zero attached hydrogens (tertiary/aromatic N) is 1. The number of ether oxygens (including phenoxy) is 4. The van der Waals surface area contributed by atoms with E-state index in [4.69, 9.17) is 18.9 Å². The zero-order valence-electron chi connectivity index (χ0n) is 13.8. The lowest BCUT2D eigenvalue weighted by Crippen LogP contribution is -2.52. The third-order valence-electron chi connectivity index (χ3n) is 5.99. The van der Waals surface area contributed by atoms with Crippen LogP contribution in [0.2, 0.25) is 0 Å². The van der Waals surface area contributed by atoms with E-state index in [9.17, 15) is 5.11 Å². The SMILES string of the molecule is CO[C@@H]1C=C[C@@]23c4cc5c(cc4[C@H](O)OC2CN(C)C3C1)OCO5. The van der Waals surface area contributed by atoms with Crippen molar-refractivity contribution in [3.63, 3.8) is 0 Å². The molecule has 1 aromatic rings. The molecule has 6 nitrogen and oxygen atoms in total. The van der Waals surface area contributed by atoms with E-state index >= 15 is 0 Å². The van der Waals surface area contributed by atoms with E-state index in [0.29, 0.717) is 5.75 Å². The van der Waals surface area contributed by atoms with Gasteiger partial charge in [-0.15, -0.1) is 0 Å². The number of likely N-dealkylation sites (N-methyl/N-ethyl adjacent to an activating group) is 1. The Morgan fingerprint density at radius 3 is 2.88 bits per heavy atom. The third-order valence-corrected chi connectivity index (χ3v) is 5.99. The van der Waals surface area contributed by atoms with Crippen molar-refractivity contribution in [1.29, 1.82) is 0 Å². The molecule has 3 aliphatic heterocycles. The molecule has 2 unspecified atom stereocenters. The second-order valence-electron chi connectivity index (χ2n) is 7.03. The lowest BCUT2D eigenvalue weighted by atomic mass is 9.65. The summed E-state index contributed by atoms with van der Waals surface area (Å²) in [4.78, 5) is 2.31. The molecule has 6 heteroatoms. The number of benzene rings is 1. The van der Waals surface area contributed by atoms with Crippen LogP contribution in [0, 0.1) is 0 Å². The van der Waals surface area contributed by atoms with Crippen LogP contribution in [-0.4, -0.2) is 55.8 Å². The average molecular weight is 331 g/mol. The quantitative estimate of drug-likeness (QED) is 0.784. The van der Waals surface area contributed by atoms with Crippen molar-refractivity contribution >= 4 is 0 Å². The average Bonchev–Trinajstić information content (AvgIpc) is 3.16. The summed E-state index contributed by atoms with van der Waals surface area (Å²) in [6.07, 6.45) is 4.31. The van der Waals surface area contributed by atoms with Gasteiger partial charge < -0.3 is 24.1 Å². The van der Waals surface area contributed by atoms with E-state index in [1.54, 1.807) is 7.11 Å². The molecule has 1 saturated heterocycles. The third kappa shape index (κ3) is 1.74. The van der Waals surface area contributed by atoms with Crippen molar-refractivity contribution in [2.45, 2.75) is 36.4 Å². The van der Waals surface area contributed by atoms with E-state index in [0.717, 1.165) is 29.8 Å². The predicted octanol–water partition coefficient (Wildman–Crippen LogP) is 1.33. The van der Waals surface area contributed by atoms with Crippen molar-refractivity contribution in [3.8, 4) is 11.5 Å². The maximum atomic E-state index is 10.5. The van der Waals surface area contributed by atoms with E-state index in [2.05, 4.69) is 24.1 Å². The fourth-order valence-corrected chi connectivity index (χ4v) is 4.82. The maximum Gasteiger partial charge on any atom is 0.231 e. The molecule has 0 bridgehead atoms. The number of hydrogen-bond donors (Lipinski definition) is 1. The van der Waals surface area contributed by atoms with Crippen LogP contribution in [-0.2, 0) is 14.9 Å². The molecule has 1 aromatic carbocycles. The Morgan fingerprint density at radius 1 is 1.29 bits per heavy atom. The number of hydrogen-bond acceptors (Lipinski definition) is 6. The standard InChI is InChI=1S/C18H21NO5/c1-19-8-16-18(4-3-10(21-2)5-15(18)19)12-7-14-13(22-9-23-14)6-11(12)17(20)24-16/h3-4,6-7,10,15-17,20H,5,8-9H2,1-2H3/t10-,15?,16?,17-,18+/m1/s1. The molecular weight excluding hydrogens is 310 g/mol. The van der Waals surface area contributed by atoms with Crippen molar-refractivity contribution in [2.24, 2.45) is 0 Å². The van der Waals surface area contributed by atoms with Gasteiger partial charge in [0.2, 0.25) is 6.79 Å². The van der Waals surface area contributed by atoms with Gasteiger partial charge in [-0.2, -0.15) is 0 Å². The summed E-state index contributed by atoms with van der Waals surface area (Å²) in [7, 11) is 3.85. The highest BCUT2D eigenvalue weighted by atomic mass is 16.7. The van der Waals surface area contributed by atoms with Crippen LogP contribution in [0.1, 0.15) is 23.8 Å². The van der Waals surface area contributed by atoms with Gasteiger partial charge in [-0.05, 0) is 31.2 Å².